The number of aliphatic hydroxyl groups is 1. The Balaban J connectivity index is 1.83. The molecular formula is C19H27NO2S. The Morgan fingerprint density at radius 3 is 2.87 bits per heavy atom. The minimum Gasteiger partial charge on any atom is -0.389 e. The molecule has 1 amide bonds. The summed E-state index contributed by atoms with van der Waals surface area (Å²) in [6.07, 6.45) is 9.82. The maximum absolute atomic E-state index is 12.0. The highest BCUT2D eigenvalue weighted by Gasteiger charge is 2.28. The highest BCUT2D eigenvalue weighted by atomic mass is 32.2. The standard InChI is InChI=1S/C19H27NO2S/c1-23-14-6-5-13-20-17(10-12-19(20)22)9-11-18(21)15-16-7-3-2-4-8-16/h2-4,7-9,11,17-18,21H,5-6,10,12-15H2,1H3/b11-9+/t17-,18?/m0/s1. The predicted octanol–water partition coefficient (Wildman–Crippen LogP) is 3.28. The van der Waals surface area contributed by atoms with Crippen molar-refractivity contribution in [3.8, 4) is 0 Å². The number of hydrogen-bond donors (Lipinski definition) is 1. The third-order valence-corrected chi connectivity index (χ3v) is 4.91. The van der Waals surface area contributed by atoms with Gasteiger partial charge >= 0.3 is 0 Å². The molecule has 0 radical (unpaired) electrons. The molecular weight excluding hydrogens is 306 g/mol. The first kappa shape index (κ1) is 18.1. The fraction of sp³-hybridized carbons (Fsp3) is 0.526. The number of thioether (sulfide) groups is 1. The van der Waals surface area contributed by atoms with Crippen molar-refractivity contribution < 1.29 is 9.90 Å². The molecule has 0 aliphatic carbocycles. The SMILES string of the molecule is CSCCCCN1C(=O)CC[C@@H]1/C=C/C(O)Cc1ccccc1. The van der Waals surface area contributed by atoms with Crippen LogP contribution in [0.25, 0.3) is 0 Å². The van der Waals surface area contributed by atoms with Crippen molar-refractivity contribution in [2.24, 2.45) is 0 Å². The van der Waals surface area contributed by atoms with Gasteiger partial charge in [-0.1, -0.05) is 42.5 Å². The molecule has 0 aromatic heterocycles. The molecule has 1 unspecified atom stereocenters. The fourth-order valence-corrected chi connectivity index (χ4v) is 3.45. The average Bonchev–Trinajstić information content (AvgIpc) is 2.91. The van der Waals surface area contributed by atoms with Gasteiger partial charge in [-0.05, 0) is 36.8 Å². The first-order valence-corrected chi connectivity index (χ1v) is 9.79. The molecule has 0 spiro atoms. The summed E-state index contributed by atoms with van der Waals surface area (Å²) in [5.74, 6) is 1.40. The fourth-order valence-electron chi connectivity index (χ4n) is 2.96. The smallest absolute Gasteiger partial charge is 0.223 e. The van der Waals surface area contributed by atoms with Gasteiger partial charge in [-0.2, -0.15) is 11.8 Å². The zero-order valence-electron chi connectivity index (χ0n) is 13.9. The molecule has 2 rings (SSSR count). The lowest BCUT2D eigenvalue weighted by Gasteiger charge is -2.22. The van der Waals surface area contributed by atoms with Crippen LogP contribution in [0, 0.1) is 0 Å². The number of aliphatic hydroxyl groups excluding tert-OH is 1. The normalized spacial score (nSPS) is 19.7. The second-order valence-electron chi connectivity index (χ2n) is 6.04. The Hall–Kier alpha value is -1.26. The molecule has 1 aliphatic heterocycles. The zero-order chi connectivity index (χ0) is 16.5. The van der Waals surface area contributed by atoms with Gasteiger partial charge in [-0.25, -0.2) is 0 Å². The molecule has 1 saturated heterocycles. The maximum atomic E-state index is 12.0. The molecule has 1 aliphatic rings. The van der Waals surface area contributed by atoms with Gasteiger partial charge < -0.3 is 10.0 Å². The molecule has 3 nitrogen and oxygen atoms in total. The van der Waals surface area contributed by atoms with Crippen molar-refractivity contribution in [1.29, 1.82) is 0 Å². The predicted molar refractivity (Wildman–Crippen MR) is 97.6 cm³/mol. The third kappa shape index (κ3) is 6.04. The van der Waals surface area contributed by atoms with E-state index in [0.717, 1.165) is 37.1 Å². The van der Waals surface area contributed by atoms with Gasteiger partial charge in [-0.3, -0.25) is 4.79 Å². The lowest BCUT2D eigenvalue weighted by Crippen LogP contribution is -2.33. The molecule has 1 aromatic rings. The number of unbranched alkanes of at least 4 members (excludes halogenated alkanes) is 1. The van der Waals surface area contributed by atoms with Crippen LogP contribution < -0.4 is 0 Å². The molecule has 2 atom stereocenters. The van der Waals surface area contributed by atoms with Crippen molar-refractivity contribution in [3.05, 3.63) is 48.0 Å². The number of likely N-dealkylation sites (tertiary alicyclic amines) is 1. The van der Waals surface area contributed by atoms with Gasteiger partial charge in [0, 0.05) is 19.4 Å². The van der Waals surface area contributed by atoms with Gasteiger partial charge in [0.2, 0.25) is 5.91 Å². The second-order valence-corrected chi connectivity index (χ2v) is 7.02. The third-order valence-electron chi connectivity index (χ3n) is 4.22. The second kappa shape index (κ2) is 9.78. The molecule has 0 saturated carbocycles. The van der Waals surface area contributed by atoms with Crippen LogP contribution in [-0.4, -0.2) is 46.6 Å². The molecule has 0 bridgehead atoms. The van der Waals surface area contributed by atoms with Crippen molar-refractivity contribution in [1.82, 2.24) is 4.90 Å². The number of amides is 1. The van der Waals surface area contributed by atoms with Crippen LogP contribution in [0.15, 0.2) is 42.5 Å². The minimum absolute atomic E-state index is 0.155. The lowest BCUT2D eigenvalue weighted by atomic mass is 10.1. The summed E-state index contributed by atoms with van der Waals surface area (Å²) in [6.45, 7) is 0.836. The number of carbonyl (C=O) groups is 1. The first-order chi connectivity index (χ1) is 11.2. The van der Waals surface area contributed by atoms with Crippen molar-refractivity contribution in [2.75, 3.05) is 18.6 Å². The minimum atomic E-state index is -0.494. The molecule has 1 aromatic carbocycles. The van der Waals surface area contributed by atoms with Crippen molar-refractivity contribution in [2.45, 2.75) is 44.2 Å². The van der Waals surface area contributed by atoms with E-state index in [1.807, 2.05) is 59.1 Å². The molecule has 1 fully saturated rings. The Morgan fingerprint density at radius 2 is 2.13 bits per heavy atom. The van der Waals surface area contributed by atoms with Gasteiger partial charge in [0.25, 0.3) is 0 Å². The Bertz CT molecular complexity index is 503. The summed E-state index contributed by atoms with van der Waals surface area (Å²) < 4.78 is 0. The number of rotatable bonds is 9. The van der Waals surface area contributed by atoms with E-state index in [0.29, 0.717) is 12.8 Å². The monoisotopic (exact) mass is 333 g/mol. The van der Waals surface area contributed by atoms with E-state index in [9.17, 15) is 9.90 Å². The van der Waals surface area contributed by atoms with Gasteiger partial charge in [0.05, 0.1) is 12.1 Å². The molecule has 126 valence electrons. The van der Waals surface area contributed by atoms with Crippen LogP contribution >= 0.6 is 11.8 Å². The van der Waals surface area contributed by atoms with E-state index in [-0.39, 0.29) is 11.9 Å². The van der Waals surface area contributed by atoms with Crippen LogP contribution in [-0.2, 0) is 11.2 Å². The number of benzene rings is 1. The summed E-state index contributed by atoms with van der Waals surface area (Å²) in [5.41, 5.74) is 1.13. The van der Waals surface area contributed by atoms with Gasteiger partial charge in [0.1, 0.15) is 0 Å². The number of carbonyl (C=O) groups excluding carboxylic acids is 1. The highest BCUT2D eigenvalue weighted by molar-refractivity contribution is 7.98. The lowest BCUT2D eigenvalue weighted by molar-refractivity contribution is -0.128. The zero-order valence-corrected chi connectivity index (χ0v) is 14.7. The molecule has 23 heavy (non-hydrogen) atoms. The van der Waals surface area contributed by atoms with Crippen LogP contribution in [0.5, 0.6) is 0 Å². The Labute approximate surface area is 143 Å². The van der Waals surface area contributed by atoms with E-state index in [4.69, 9.17) is 0 Å². The maximum Gasteiger partial charge on any atom is 0.223 e. The van der Waals surface area contributed by atoms with Crippen molar-refractivity contribution in [3.63, 3.8) is 0 Å². The molecule has 1 heterocycles. The quantitative estimate of drug-likeness (QED) is 0.557. The summed E-state index contributed by atoms with van der Waals surface area (Å²) >= 11 is 1.85. The van der Waals surface area contributed by atoms with Gasteiger partial charge in [-0.15, -0.1) is 0 Å². The van der Waals surface area contributed by atoms with E-state index in [1.54, 1.807) is 0 Å². The average molecular weight is 333 g/mol. The topological polar surface area (TPSA) is 40.5 Å². The Kier molecular flexibility index (Phi) is 7.69. The van der Waals surface area contributed by atoms with Crippen LogP contribution in [0.1, 0.15) is 31.2 Å². The van der Waals surface area contributed by atoms with Crippen LogP contribution in [0.4, 0.5) is 0 Å². The van der Waals surface area contributed by atoms with Crippen LogP contribution in [0.3, 0.4) is 0 Å². The summed E-state index contributed by atoms with van der Waals surface area (Å²) in [4.78, 5) is 14.0. The van der Waals surface area contributed by atoms with Crippen molar-refractivity contribution >= 4 is 17.7 Å². The summed E-state index contributed by atoms with van der Waals surface area (Å²) in [6, 6.07) is 10.1. The van der Waals surface area contributed by atoms with E-state index >= 15 is 0 Å². The van der Waals surface area contributed by atoms with E-state index in [2.05, 4.69) is 6.26 Å². The number of hydrogen-bond acceptors (Lipinski definition) is 3. The van der Waals surface area contributed by atoms with E-state index < -0.39 is 6.10 Å². The summed E-state index contributed by atoms with van der Waals surface area (Å²) in [5, 5.41) is 10.2. The first-order valence-electron chi connectivity index (χ1n) is 8.39. The largest absolute Gasteiger partial charge is 0.389 e. The van der Waals surface area contributed by atoms with E-state index in [1.165, 1.54) is 0 Å². The van der Waals surface area contributed by atoms with Crippen LogP contribution in [0.2, 0.25) is 0 Å². The number of nitrogens with zero attached hydrogens (tertiary/aromatic N) is 1. The van der Waals surface area contributed by atoms with Gasteiger partial charge in [0.15, 0.2) is 0 Å². The molecule has 1 N–H and O–H groups in total. The summed E-state index contributed by atoms with van der Waals surface area (Å²) in [7, 11) is 0. The molecule has 4 heteroatoms. The Morgan fingerprint density at radius 1 is 1.35 bits per heavy atom. The highest BCUT2D eigenvalue weighted by Crippen LogP contribution is 2.21.